The zero-order chi connectivity index (χ0) is 12.1. The Morgan fingerprint density at radius 2 is 2.12 bits per heavy atom. The molecule has 0 N–H and O–H groups in total. The molecule has 0 saturated carbocycles. The van der Waals surface area contributed by atoms with Gasteiger partial charge in [-0.05, 0) is 12.5 Å². The van der Waals surface area contributed by atoms with E-state index in [1.54, 1.807) is 18.2 Å². The largest absolute Gasteiger partial charge is 0.461 e. The van der Waals surface area contributed by atoms with E-state index < -0.39 is 0 Å². The number of rotatable bonds is 4. The van der Waals surface area contributed by atoms with Gasteiger partial charge in [-0.2, -0.15) is 0 Å². The Morgan fingerprint density at radius 1 is 1.44 bits per heavy atom. The standard InChI is InChI=1S/C12H14Cl2O2/c1-3-8(2)12(15)16-7-9-5-4-6-10(13)11(9)14/h4-6,8H,3,7H2,1-2H3. The van der Waals surface area contributed by atoms with Crippen LogP contribution in [0.15, 0.2) is 18.2 Å². The molecule has 88 valence electrons. The molecule has 1 aromatic carbocycles. The first-order valence-electron chi connectivity index (χ1n) is 5.15. The number of esters is 1. The number of hydrogen-bond acceptors (Lipinski definition) is 2. The van der Waals surface area contributed by atoms with Crippen LogP contribution >= 0.6 is 23.2 Å². The minimum atomic E-state index is -0.210. The molecule has 1 unspecified atom stereocenters. The van der Waals surface area contributed by atoms with Gasteiger partial charge in [-0.3, -0.25) is 4.79 Å². The van der Waals surface area contributed by atoms with E-state index in [0.29, 0.717) is 10.0 Å². The maximum atomic E-state index is 11.4. The molecular weight excluding hydrogens is 247 g/mol. The zero-order valence-corrected chi connectivity index (χ0v) is 10.8. The summed E-state index contributed by atoms with van der Waals surface area (Å²) >= 11 is 11.8. The monoisotopic (exact) mass is 260 g/mol. The molecule has 0 fully saturated rings. The normalized spacial score (nSPS) is 12.2. The summed E-state index contributed by atoms with van der Waals surface area (Å²) in [6.07, 6.45) is 0.766. The van der Waals surface area contributed by atoms with Gasteiger partial charge in [0, 0.05) is 5.56 Å². The summed E-state index contributed by atoms with van der Waals surface area (Å²) < 4.78 is 5.13. The molecule has 0 aromatic heterocycles. The number of carbonyl (C=O) groups excluding carboxylic acids is 1. The van der Waals surface area contributed by atoms with Crippen LogP contribution in [-0.4, -0.2) is 5.97 Å². The van der Waals surface area contributed by atoms with E-state index in [1.807, 2.05) is 13.8 Å². The summed E-state index contributed by atoms with van der Waals surface area (Å²) in [6.45, 7) is 3.95. The van der Waals surface area contributed by atoms with Crippen molar-refractivity contribution in [3.8, 4) is 0 Å². The first-order valence-corrected chi connectivity index (χ1v) is 5.91. The van der Waals surface area contributed by atoms with Crippen LogP contribution in [0.4, 0.5) is 0 Å². The molecule has 16 heavy (non-hydrogen) atoms. The lowest BCUT2D eigenvalue weighted by molar-refractivity contribution is -0.149. The van der Waals surface area contributed by atoms with Crippen LogP contribution in [0.25, 0.3) is 0 Å². The quantitative estimate of drug-likeness (QED) is 0.763. The van der Waals surface area contributed by atoms with Crippen LogP contribution < -0.4 is 0 Å². The lowest BCUT2D eigenvalue weighted by Crippen LogP contribution is -2.13. The molecule has 0 heterocycles. The highest BCUT2D eigenvalue weighted by Gasteiger charge is 2.13. The molecule has 2 nitrogen and oxygen atoms in total. The van der Waals surface area contributed by atoms with Gasteiger partial charge >= 0.3 is 5.97 Å². The number of hydrogen-bond donors (Lipinski definition) is 0. The second-order valence-electron chi connectivity index (χ2n) is 3.63. The molecule has 0 aliphatic carbocycles. The number of halogens is 2. The fourth-order valence-electron chi connectivity index (χ4n) is 1.12. The summed E-state index contributed by atoms with van der Waals surface area (Å²) in [6, 6.07) is 5.27. The molecule has 4 heteroatoms. The smallest absolute Gasteiger partial charge is 0.308 e. The second kappa shape index (κ2) is 6.12. The van der Waals surface area contributed by atoms with Gasteiger partial charge in [-0.15, -0.1) is 0 Å². The van der Waals surface area contributed by atoms with Gasteiger partial charge in [0.1, 0.15) is 6.61 Å². The second-order valence-corrected chi connectivity index (χ2v) is 4.42. The summed E-state index contributed by atoms with van der Waals surface area (Å²) in [5.41, 5.74) is 0.728. The average molecular weight is 261 g/mol. The lowest BCUT2D eigenvalue weighted by Gasteiger charge is -2.10. The van der Waals surface area contributed by atoms with Gasteiger partial charge in [0.25, 0.3) is 0 Å². The maximum Gasteiger partial charge on any atom is 0.308 e. The van der Waals surface area contributed by atoms with E-state index in [1.165, 1.54) is 0 Å². The summed E-state index contributed by atoms with van der Waals surface area (Å²) in [5.74, 6) is -0.295. The highest BCUT2D eigenvalue weighted by molar-refractivity contribution is 6.42. The maximum absolute atomic E-state index is 11.4. The van der Waals surface area contributed by atoms with Crippen LogP contribution in [0, 0.1) is 5.92 Å². The van der Waals surface area contributed by atoms with Crippen molar-refractivity contribution in [2.75, 3.05) is 0 Å². The van der Waals surface area contributed by atoms with Crippen LogP contribution in [-0.2, 0) is 16.1 Å². The Balaban J connectivity index is 2.61. The van der Waals surface area contributed by atoms with Crippen molar-refractivity contribution in [2.45, 2.75) is 26.9 Å². The molecule has 0 saturated heterocycles. The third kappa shape index (κ3) is 3.39. The molecule has 0 radical (unpaired) electrons. The summed E-state index contributed by atoms with van der Waals surface area (Å²) in [5, 5.41) is 0.917. The first-order chi connectivity index (χ1) is 7.56. The van der Waals surface area contributed by atoms with Gasteiger partial charge in [0.15, 0.2) is 0 Å². The average Bonchev–Trinajstić information content (AvgIpc) is 2.29. The Morgan fingerprint density at radius 3 is 2.75 bits per heavy atom. The Hall–Kier alpha value is -0.730. The molecule has 0 amide bonds. The molecule has 0 aliphatic heterocycles. The van der Waals surface area contributed by atoms with E-state index in [2.05, 4.69) is 0 Å². The topological polar surface area (TPSA) is 26.3 Å². The number of carbonyl (C=O) groups is 1. The predicted molar refractivity (Wildman–Crippen MR) is 65.7 cm³/mol. The molecule has 0 bridgehead atoms. The van der Waals surface area contributed by atoms with Crippen LogP contribution in [0.2, 0.25) is 10.0 Å². The minimum absolute atomic E-state index is 0.0852. The molecule has 1 aromatic rings. The highest BCUT2D eigenvalue weighted by Crippen LogP contribution is 2.26. The third-order valence-electron chi connectivity index (χ3n) is 2.42. The van der Waals surface area contributed by atoms with E-state index in [9.17, 15) is 4.79 Å². The summed E-state index contributed by atoms with van der Waals surface area (Å²) in [4.78, 5) is 11.4. The van der Waals surface area contributed by atoms with Gasteiger partial charge in [-0.1, -0.05) is 49.2 Å². The van der Waals surface area contributed by atoms with E-state index in [4.69, 9.17) is 27.9 Å². The van der Waals surface area contributed by atoms with E-state index >= 15 is 0 Å². The first kappa shape index (κ1) is 13.3. The van der Waals surface area contributed by atoms with Gasteiger partial charge in [0.05, 0.1) is 16.0 Å². The van der Waals surface area contributed by atoms with Gasteiger partial charge in [-0.25, -0.2) is 0 Å². The predicted octanol–water partition coefficient (Wildman–Crippen LogP) is 4.08. The molecule has 1 atom stereocenters. The molecular formula is C12H14Cl2O2. The van der Waals surface area contributed by atoms with Crippen molar-refractivity contribution < 1.29 is 9.53 Å². The van der Waals surface area contributed by atoms with Crippen molar-refractivity contribution in [2.24, 2.45) is 5.92 Å². The Bertz CT molecular complexity index is 377. The number of ether oxygens (including phenoxy) is 1. The van der Waals surface area contributed by atoms with Crippen molar-refractivity contribution in [3.63, 3.8) is 0 Å². The Labute approximate surface area is 106 Å². The Kier molecular flexibility index (Phi) is 5.10. The van der Waals surface area contributed by atoms with E-state index in [-0.39, 0.29) is 18.5 Å². The SMILES string of the molecule is CCC(C)C(=O)OCc1cccc(Cl)c1Cl. The van der Waals surface area contributed by atoms with Crippen LogP contribution in [0.5, 0.6) is 0 Å². The fraction of sp³-hybridized carbons (Fsp3) is 0.417. The minimum Gasteiger partial charge on any atom is -0.461 e. The van der Waals surface area contributed by atoms with Crippen molar-refractivity contribution in [3.05, 3.63) is 33.8 Å². The lowest BCUT2D eigenvalue weighted by atomic mass is 10.1. The van der Waals surface area contributed by atoms with Crippen molar-refractivity contribution in [1.29, 1.82) is 0 Å². The van der Waals surface area contributed by atoms with Crippen LogP contribution in [0.1, 0.15) is 25.8 Å². The number of benzene rings is 1. The summed E-state index contributed by atoms with van der Waals surface area (Å²) in [7, 11) is 0. The van der Waals surface area contributed by atoms with Gasteiger partial charge in [0.2, 0.25) is 0 Å². The highest BCUT2D eigenvalue weighted by atomic mass is 35.5. The molecule has 0 spiro atoms. The van der Waals surface area contributed by atoms with Crippen molar-refractivity contribution >= 4 is 29.2 Å². The van der Waals surface area contributed by atoms with Gasteiger partial charge < -0.3 is 4.74 Å². The molecule has 1 rings (SSSR count). The van der Waals surface area contributed by atoms with Crippen molar-refractivity contribution in [1.82, 2.24) is 0 Å². The zero-order valence-electron chi connectivity index (χ0n) is 9.30. The van der Waals surface area contributed by atoms with Crippen LogP contribution in [0.3, 0.4) is 0 Å². The molecule has 0 aliphatic rings. The van der Waals surface area contributed by atoms with E-state index in [0.717, 1.165) is 12.0 Å². The fourth-order valence-corrected chi connectivity index (χ4v) is 1.49. The third-order valence-corrected chi connectivity index (χ3v) is 3.27.